The quantitative estimate of drug-likeness (QED) is 0.428. The van der Waals surface area contributed by atoms with Gasteiger partial charge in [0.2, 0.25) is 11.8 Å². The number of hydrazone groups is 2. The van der Waals surface area contributed by atoms with Crippen LogP contribution in [0.4, 0.5) is 0 Å². The highest BCUT2D eigenvalue weighted by Crippen LogP contribution is 2.18. The van der Waals surface area contributed by atoms with Crippen molar-refractivity contribution in [1.29, 1.82) is 0 Å². The van der Waals surface area contributed by atoms with Gasteiger partial charge in [0.25, 0.3) is 0 Å². The lowest BCUT2D eigenvalue weighted by Crippen LogP contribution is -2.21. The van der Waals surface area contributed by atoms with Gasteiger partial charge in [-0.2, -0.15) is 10.2 Å². The molecule has 0 saturated carbocycles. The van der Waals surface area contributed by atoms with Gasteiger partial charge >= 0.3 is 0 Å². The van der Waals surface area contributed by atoms with E-state index in [0.29, 0.717) is 6.42 Å². The zero-order valence-corrected chi connectivity index (χ0v) is 19.0. The van der Waals surface area contributed by atoms with E-state index in [9.17, 15) is 9.59 Å². The molecule has 2 rings (SSSR count). The summed E-state index contributed by atoms with van der Waals surface area (Å²) in [6.07, 6.45) is 2.90. The molecule has 156 valence electrons. The van der Waals surface area contributed by atoms with E-state index >= 15 is 0 Å². The highest BCUT2D eigenvalue weighted by Gasteiger charge is 2.07. The molecule has 0 fully saturated rings. The SMILES string of the molecule is CCc1ccc(C(C)=NNC(=O)CCCC(=O)NN=C(C)c2ccc(CC)s2)s1. The fraction of sp³-hybridized carbons (Fsp3) is 0.429. The number of carbonyl (C=O) groups is 2. The zero-order valence-electron chi connectivity index (χ0n) is 17.4. The lowest BCUT2D eigenvalue weighted by Gasteiger charge is -2.03. The Morgan fingerprint density at radius 2 is 1.21 bits per heavy atom. The molecule has 2 N–H and O–H groups in total. The molecule has 0 aliphatic rings. The monoisotopic (exact) mass is 432 g/mol. The summed E-state index contributed by atoms with van der Waals surface area (Å²) in [4.78, 5) is 28.5. The molecule has 29 heavy (non-hydrogen) atoms. The molecular formula is C21H28N4O2S2. The largest absolute Gasteiger partial charge is 0.273 e. The van der Waals surface area contributed by atoms with Gasteiger partial charge in [0.05, 0.1) is 21.2 Å². The molecule has 2 aromatic rings. The van der Waals surface area contributed by atoms with E-state index in [2.05, 4.69) is 47.0 Å². The summed E-state index contributed by atoms with van der Waals surface area (Å²) < 4.78 is 0. The Hall–Kier alpha value is -2.32. The highest BCUT2D eigenvalue weighted by atomic mass is 32.1. The van der Waals surface area contributed by atoms with Gasteiger partial charge in [0, 0.05) is 22.6 Å². The van der Waals surface area contributed by atoms with Crippen LogP contribution in [0.15, 0.2) is 34.5 Å². The van der Waals surface area contributed by atoms with E-state index in [4.69, 9.17) is 0 Å². The molecule has 0 aliphatic heterocycles. The molecule has 2 amide bonds. The van der Waals surface area contributed by atoms with E-state index in [1.807, 2.05) is 26.0 Å². The van der Waals surface area contributed by atoms with E-state index in [1.165, 1.54) is 9.75 Å². The minimum atomic E-state index is -0.199. The molecule has 2 heterocycles. The van der Waals surface area contributed by atoms with E-state index < -0.39 is 0 Å². The highest BCUT2D eigenvalue weighted by molar-refractivity contribution is 7.14. The number of amides is 2. The number of rotatable bonds is 10. The van der Waals surface area contributed by atoms with Crippen molar-refractivity contribution in [2.45, 2.75) is 59.8 Å². The van der Waals surface area contributed by atoms with Crippen LogP contribution in [0.5, 0.6) is 0 Å². The first kappa shape index (κ1) is 23.0. The summed E-state index contributed by atoms with van der Waals surface area (Å²) in [5.74, 6) is -0.399. The lowest BCUT2D eigenvalue weighted by atomic mass is 10.2. The average molecular weight is 433 g/mol. The number of hydrogen-bond donors (Lipinski definition) is 2. The second-order valence-electron chi connectivity index (χ2n) is 6.56. The number of thiophene rings is 2. The maximum absolute atomic E-state index is 11.9. The van der Waals surface area contributed by atoms with Crippen molar-refractivity contribution in [2.75, 3.05) is 0 Å². The van der Waals surface area contributed by atoms with Crippen LogP contribution in [0.2, 0.25) is 0 Å². The van der Waals surface area contributed by atoms with Crippen LogP contribution in [-0.4, -0.2) is 23.2 Å². The van der Waals surface area contributed by atoms with Crippen LogP contribution < -0.4 is 10.9 Å². The molecule has 0 saturated heterocycles. The van der Waals surface area contributed by atoms with Crippen molar-refractivity contribution in [3.8, 4) is 0 Å². The van der Waals surface area contributed by atoms with Gasteiger partial charge in [-0.1, -0.05) is 13.8 Å². The normalized spacial score (nSPS) is 12.1. The van der Waals surface area contributed by atoms with Gasteiger partial charge in [-0.3, -0.25) is 9.59 Å². The molecule has 8 heteroatoms. The fourth-order valence-corrected chi connectivity index (χ4v) is 4.23. The second-order valence-corrected chi connectivity index (χ2v) is 8.89. The number of nitrogens with one attached hydrogen (secondary N) is 2. The smallest absolute Gasteiger partial charge is 0.240 e. The molecule has 0 atom stereocenters. The Morgan fingerprint density at radius 1 is 0.793 bits per heavy atom. The molecule has 0 aromatic carbocycles. The first-order valence-electron chi connectivity index (χ1n) is 9.77. The summed E-state index contributed by atoms with van der Waals surface area (Å²) >= 11 is 3.35. The number of nitrogens with zero attached hydrogens (tertiary/aromatic N) is 2. The summed E-state index contributed by atoms with van der Waals surface area (Å²) in [5.41, 5.74) is 6.68. The van der Waals surface area contributed by atoms with Gasteiger partial charge in [0.15, 0.2) is 0 Å². The molecule has 0 spiro atoms. The van der Waals surface area contributed by atoms with Crippen LogP contribution in [0.3, 0.4) is 0 Å². The average Bonchev–Trinajstić information content (AvgIpc) is 3.39. The lowest BCUT2D eigenvalue weighted by molar-refractivity contribution is -0.122. The van der Waals surface area contributed by atoms with Crippen molar-refractivity contribution in [1.82, 2.24) is 10.9 Å². The van der Waals surface area contributed by atoms with Crippen LogP contribution in [0.25, 0.3) is 0 Å². The van der Waals surface area contributed by atoms with E-state index in [0.717, 1.165) is 34.0 Å². The Bertz CT molecular complexity index is 824. The Kier molecular flexibility index (Phi) is 9.21. The van der Waals surface area contributed by atoms with Crippen molar-refractivity contribution >= 4 is 45.9 Å². The third-order valence-electron chi connectivity index (χ3n) is 4.24. The molecule has 0 bridgehead atoms. The zero-order chi connectivity index (χ0) is 21.2. The number of carbonyl (C=O) groups excluding carboxylic acids is 2. The van der Waals surface area contributed by atoms with Gasteiger partial charge < -0.3 is 0 Å². The minimum absolute atomic E-state index is 0.199. The molecule has 0 unspecified atom stereocenters. The third kappa shape index (κ3) is 7.55. The van der Waals surface area contributed by atoms with E-state index in [-0.39, 0.29) is 24.7 Å². The van der Waals surface area contributed by atoms with Crippen LogP contribution in [-0.2, 0) is 22.4 Å². The summed E-state index contributed by atoms with van der Waals surface area (Å²) in [5, 5.41) is 8.30. The first-order valence-corrected chi connectivity index (χ1v) is 11.4. The topological polar surface area (TPSA) is 82.9 Å². The second kappa shape index (κ2) is 11.6. The predicted molar refractivity (Wildman–Crippen MR) is 122 cm³/mol. The summed E-state index contributed by atoms with van der Waals surface area (Å²) in [7, 11) is 0. The first-order chi connectivity index (χ1) is 13.9. The Labute approximate surface area is 180 Å². The van der Waals surface area contributed by atoms with Crippen LogP contribution in [0, 0.1) is 0 Å². The Balaban J connectivity index is 1.70. The fourth-order valence-electron chi connectivity index (χ4n) is 2.45. The molecule has 2 aromatic heterocycles. The van der Waals surface area contributed by atoms with E-state index in [1.54, 1.807) is 22.7 Å². The third-order valence-corrected chi connectivity index (χ3v) is 6.91. The molecule has 6 nitrogen and oxygen atoms in total. The van der Waals surface area contributed by atoms with Gasteiger partial charge in [-0.15, -0.1) is 22.7 Å². The standard InChI is InChI=1S/C21H28N4O2S2/c1-5-16-10-12-18(28-16)14(3)22-24-20(26)8-7-9-21(27)25-23-15(4)19-13-11-17(6-2)29-19/h10-13H,5-9H2,1-4H3,(H,24,26)(H,25,27). The maximum atomic E-state index is 11.9. The van der Waals surface area contributed by atoms with Gasteiger partial charge in [-0.25, -0.2) is 10.9 Å². The van der Waals surface area contributed by atoms with Crippen molar-refractivity contribution in [3.05, 3.63) is 43.8 Å². The summed E-state index contributed by atoms with van der Waals surface area (Å²) in [6.45, 7) is 7.96. The minimum Gasteiger partial charge on any atom is -0.273 e. The van der Waals surface area contributed by atoms with Gasteiger partial charge in [0.1, 0.15) is 0 Å². The number of aryl methyl sites for hydroxylation is 2. The maximum Gasteiger partial charge on any atom is 0.240 e. The molecule has 0 aliphatic carbocycles. The van der Waals surface area contributed by atoms with Crippen molar-refractivity contribution < 1.29 is 9.59 Å². The number of hydrogen-bond acceptors (Lipinski definition) is 6. The van der Waals surface area contributed by atoms with Crippen molar-refractivity contribution in [2.24, 2.45) is 10.2 Å². The molecule has 0 radical (unpaired) electrons. The summed E-state index contributed by atoms with van der Waals surface area (Å²) in [6, 6.07) is 8.18. The van der Waals surface area contributed by atoms with Crippen molar-refractivity contribution in [3.63, 3.8) is 0 Å². The van der Waals surface area contributed by atoms with Gasteiger partial charge in [-0.05, 0) is 57.4 Å². The van der Waals surface area contributed by atoms with Crippen LogP contribution >= 0.6 is 22.7 Å². The molecular weight excluding hydrogens is 404 g/mol. The Morgan fingerprint density at radius 3 is 1.55 bits per heavy atom. The predicted octanol–water partition coefficient (Wildman–Crippen LogP) is 4.49. The van der Waals surface area contributed by atoms with Crippen LogP contribution in [0.1, 0.15) is 66.5 Å².